The van der Waals surface area contributed by atoms with Crippen molar-refractivity contribution in [1.29, 1.82) is 0 Å². The molecule has 0 aromatic carbocycles. The molecule has 0 bridgehead atoms. The minimum Gasteiger partial charge on any atom is -0.348 e. The van der Waals surface area contributed by atoms with E-state index in [-0.39, 0.29) is 12.5 Å². The summed E-state index contributed by atoms with van der Waals surface area (Å²) in [4.78, 5) is 24.2. The Morgan fingerprint density at radius 3 is 2.65 bits per heavy atom. The quantitative estimate of drug-likeness (QED) is 0.775. The average molecular weight is 361 g/mol. The van der Waals surface area contributed by atoms with Crippen molar-refractivity contribution in [2.75, 3.05) is 0 Å². The standard InChI is InChI=1S/C17H14F3N5O/c18-17(19,20)14-4-1-10(6-21-14)7-23-16(26)11-5-13-15(22-8-11)25(9-24-13)12-2-3-12/h1,4-6,8-9,12H,2-3,7H2,(H,23,26). The molecular formula is C17H14F3N5O. The number of halogens is 3. The second kappa shape index (κ2) is 6.08. The van der Waals surface area contributed by atoms with Crippen molar-refractivity contribution in [3.05, 3.63) is 53.7 Å². The number of rotatable bonds is 4. The lowest BCUT2D eigenvalue weighted by Crippen LogP contribution is -2.23. The van der Waals surface area contributed by atoms with E-state index < -0.39 is 11.9 Å². The number of carbonyl (C=O) groups is 1. The molecule has 0 atom stereocenters. The van der Waals surface area contributed by atoms with Crippen LogP contribution < -0.4 is 5.32 Å². The Labute approximate surface area is 146 Å². The van der Waals surface area contributed by atoms with Crippen LogP contribution in [0.1, 0.15) is 40.5 Å². The molecule has 0 radical (unpaired) electrons. The summed E-state index contributed by atoms with van der Waals surface area (Å²) in [5.74, 6) is -0.375. The van der Waals surface area contributed by atoms with E-state index in [1.807, 2.05) is 4.57 Å². The van der Waals surface area contributed by atoms with E-state index in [0.717, 1.165) is 30.8 Å². The highest BCUT2D eigenvalue weighted by Gasteiger charge is 2.32. The summed E-state index contributed by atoms with van der Waals surface area (Å²) in [5.41, 5.74) is 1.24. The molecule has 0 aliphatic heterocycles. The van der Waals surface area contributed by atoms with Crippen molar-refractivity contribution in [2.45, 2.75) is 31.6 Å². The Morgan fingerprint density at radius 2 is 2.00 bits per heavy atom. The number of nitrogens with zero attached hydrogens (tertiary/aromatic N) is 4. The number of aromatic nitrogens is 4. The maximum Gasteiger partial charge on any atom is 0.433 e. The Morgan fingerprint density at radius 1 is 1.19 bits per heavy atom. The van der Waals surface area contributed by atoms with Gasteiger partial charge in [0.25, 0.3) is 5.91 Å². The normalized spacial score (nSPS) is 14.6. The lowest BCUT2D eigenvalue weighted by Gasteiger charge is -2.08. The van der Waals surface area contributed by atoms with Crippen molar-refractivity contribution >= 4 is 17.1 Å². The highest BCUT2D eigenvalue weighted by Crippen LogP contribution is 2.36. The molecule has 1 fully saturated rings. The summed E-state index contributed by atoms with van der Waals surface area (Å²) in [6, 6.07) is 4.27. The lowest BCUT2D eigenvalue weighted by molar-refractivity contribution is -0.141. The van der Waals surface area contributed by atoms with Crippen LogP contribution in [0.5, 0.6) is 0 Å². The zero-order valence-corrected chi connectivity index (χ0v) is 13.5. The number of imidazole rings is 1. The van der Waals surface area contributed by atoms with Gasteiger partial charge in [0.05, 0.1) is 11.9 Å². The first-order valence-corrected chi connectivity index (χ1v) is 8.05. The summed E-state index contributed by atoms with van der Waals surface area (Å²) in [7, 11) is 0. The second-order valence-corrected chi connectivity index (χ2v) is 6.18. The van der Waals surface area contributed by atoms with Gasteiger partial charge in [-0.25, -0.2) is 9.97 Å². The molecule has 3 heterocycles. The smallest absolute Gasteiger partial charge is 0.348 e. The Hall–Kier alpha value is -2.97. The number of fused-ring (bicyclic) bond motifs is 1. The van der Waals surface area contributed by atoms with Crippen molar-refractivity contribution < 1.29 is 18.0 Å². The van der Waals surface area contributed by atoms with Crippen LogP contribution in [0.15, 0.2) is 36.9 Å². The molecule has 1 amide bonds. The molecule has 1 aliphatic rings. The highest BCUT2D eigenvalue weighted by atomic mass is 19.4. The molecule has 9 heteroatoms. The topological polar surface area (TPSA) is 72.7 Å². The molecule has 1 aliphatic carbocycles. The fraction of sp³-hybridized carbons (Fsp3) is 0.294. The predicted octanol–water partition coefficient (Wildman–Crippen LogP) is 3.11. The monoisotopic (exact) mass is 361 g/mol. The van der Waals surface area contributed by atoms with Gasteiger partial charge in [-0.2, -0.15) is 13.2 Å². The molecule has 3 aromatic heterocycles. The van der Waals surface area contributed by atoms with Gasteiger partial charge in [-0.05, 0) is 30.5 Å². The van der Waals surface area contributed by atoms with Crippen LogP contribution in [0.2, 0.25) is 0 Å². The van der Waals surface area contributed by atoms with Crippen LogP contribution in [0.4, 0.5) is 13.2 Å². The number of nitrogens with one attached hydrogen (secondary N) is 1. The predicted molar refractivity (Wildman–Crippen MR) is 86.2 cm³/mol. The van der Waals surface area contributed by atoms with Gasteiger partial charge in [-0.3, -0.25) is 9.78 Å². The summed E-state index contributed by atoms with van der Waals surface area (Å²) >= 11 is 0. The van der Waals surface area contributed by atoms with Gasteiger partial charge < -0.3 is 9.88 Å². The van der Waals surface area contributed by atoms with Gasteiger partial charge in [0, 0.05) is 25.0 Å². The van der Waals surface area contributed by atoms with E-state index >= 15 is 0 Å². The van der Waals surface area contributed by atoms with E-state index in [2.05, 4.69) is 20.3 Å². The molecule has 134 valence electrons. The first-order chi connectivity index (χ1) is 12.4. The van der Waals surface area contributed by atoms with E-state index in [1.165, 1.54) is 12.3 Å². The number of amides is 1. The molecule has 3 aromatic rings. The summed E-state index contributed by atoms with van der Waals surface area (Å²) in [6.07, 6.45) is 2.04. The Bertz CT molecular complexity index is 961. The molecule has 1 N–H and O–H groups in total. The Kier molecular flexibility index (Phi) is 3.86. The Balaban J connectivity index is 1.44. The highest BCUT2D eigenvalue weighted by molar-refractivity contribution is 5.96. The largest absolute Gasteiger partial charge is 0.433 e. The van der Waals surface area contributed by atoms with Crippen LogP contribution in [0.3, 0.4) is 0 Å². The van der Waals surface area contributed by atoms with E-state index in [1.54, 1.807) is 12.4 Å². The lowest BCUT2D eigenvalue weighted by atomic mass is 10.2. The third-order valence-electron chi connectivity index (χ3n) is 4.18. The summed E-state index contributed by atoms with van der Waals surface area (Å²) in [6.45, 7) is 0.0680. The number of pyridine rings is 2. The fourth-order valence-electron chi connectivity index (χ4n) is 2.64. The molecule has 1 saturated carbocycles. The van der Waals surface area contributed by atoms with Gasteiger partial charge in [-0.15, -0.1) is 0 Å². The van der Waals surface area contributed by atoms with Crippen LogP contribution in [-0.2, 0) is 12.7 Å². The van der Waals surface area contributed by atoms with Crippen LogP contribution in [0.25, 0.3) is 11.2 Å². The van der Waals surface area contributed by atoms with Gasteiger partial charge in [0.2, 0.25) is 0 Å². The number of carbonyl (C=O) groups excluding carboxylic acids is 1. The molecule has 4 rings (SSSR count). The van der Waals surface area contributed by atoms with E-state index in [9.17, 15) is 18.0 Å². The minimum atomic E-state index is -4.48. The van der Waals surface area contributed by atoms with E-state index in [4.69, 9.17) is 0 Å². The average Bonchev–Trinajstić information content (AvgIpc) is 3.38. The number of hydrogen-bond acceptors (Lipinski definition) is 4. The number of alkyl halides is 3. The first-order valence-electron chi connectivity index (χ1n) is 8.05. The first kappa shape index (κ1) is 16.5. The zero-order chi connectivity index (χ0) is 18.3. The summed E-state index contributed by atoms with van der Waals surface area (Å²) < 4.78 is 39.5. The molecule has 0 unspecified atom stereocenters. The van der Waals surface area contributed by atoms with Gasteiger partial charge in [-0.1, -0.05) is 6.07 Å². The van der Waals surface area contributed by atoms with Crippen LogP contribution in [-0.4, -0.2) is 25.4 Å². The third-order valence-corrected chi connectivity index (χ3v) is 4.18. The number of hydrogen-bond donors (Lipinski definition) is 1. The van der Waals surface area contributed by atoms with Crippen molar-refractivity contribution in [1.82, 2.24) is 24.8 Å². The molecule has 26 heavy (non-hydrogen) atoms. The zero-order valence-electron chi connectivity index (χ0n) is 13.5. The maximum absolute atomic E-state index is 12.5. The molecule has 0 spiro atoms. The SMILES string of the molecule is O=C(NCc1ccc(C(F)(F)F)nc1)c1cnc2c(c1)ncn2C1CC1. The van der Waals surface area contributed by atoms with Gasteiger partial charge >= 0.3 is 6.18 Å². The van der Waals surface area contributed by atoms with Crippen molar-refractivity contribution in [2.24, 2.45) is 0 Å². The van der Waals surface area contributed by atoms with Crippen LogP contribution >= 0.6 is 0 Å². The minimum absolute atomic E-state index is 0.0680. The molecule has 6 nitrogen and oxygen atoms in total. The van der Waals surface area contributed by atoms with Gasteiger partial charge in [0.15, 0.2) is 5.65 Å². The van der Waals surface area contributed by atoms with Crippen molar-refractivity contribution in [3.8, 4) is 0 Å². The summed E-state index contributed by atoms with van der Waals surface area (Å²) in [5, 5.41) is 2.65. The van der Waals surface area contributed by atoms with E-state index in [0.29, 0.717) is 22.7 Å². The third kappa shape index (κ3) is 3.24. The molecule has 0 saturated heterocycles. The fourth-order valence-corrected chi connectivity index (χ4v) is 2.64. The van der Waals surface area contributed by atoms with Gasteiger partial charge in [0.1, 0.15) is 11.2 Å². The maximum atomic E-state index is 12.5. The van der Waals surface area contributed by atoms with Crippen LogP contribution in [0, 0.1) is 0 Å². The molecular weight excluding hydrogens is 347 g/mol. The second-order valence-electron chi connectivity index (χ2n) is 6.18. The van der Waals surface area contributed by atoms with Crippen molar-refractivity contribution in [3.63, 3.8) is 0 Å².